The summed E-state index contributed by atoms with van der Waals surface area (Å²) in [5, 5.41) is 0.0786. The first-order valence-electron chi connectivity index (χ1n) is 8.44. The quantitative estimate of drug-likeness (QED) is 0.758. The fourth-order valence-electron chi connectivity index (χ4n) is 3.11. The molecule has 1 aromatic heterocycles. The van der Waals surface area contributed by atoms with Crippen LogP contribution in [0.2, 0.25) is 0 Å². The molecule has 2 aliphatic heterocycles. The smallest absolute Gasteiger partial charge is 0.262 e. The SMILES string of the molecule is CCCn1cnc(S(=O)(=O)N2CCN(C(=O)[C@@H]3CCCO3)CC2)c1. The molecule has 0 unspecified atom stereocenters. The molecular formula is C15H24N4O4S. The van der Waals surface area contributed by atoms with Crippen molar-refractivity contribution in [2.75, 3.05) is 32.8 Å². The van der Waals surface area contributed by atoms with Crippen molar-refractivity contribution in [3.05, 3.63) is 12.5 Å². The minimum Gasteiger partial charge on any atom is -0.368 e. The van der Waals surface area contributed by atoms with E-state index in [1.807, 2.05) is 6.92 Å². The van der Waals surface area contributed by atoms with Crippen molar-refractivity contribution in [3.63, 3.8) is 0 Å². The van der Waals surface area contributed by atoms with Gasteiger partial charge in [0.25, 0.3) is 15.9 Å². The van der Waals surface area contributed by atoms with Gasteiger partial charge in [-0.15, -0.1) is 0 Å². The van der Waals surface area contributed by atoms with E-state index >= 15 is 0 Å². The standard InChI is InChI=1S/C15H24N4O4S/c1-2-5-17-11-14(16-12-17)24(21,22)19-8-6-18(7-9-19)15(20)13-4-3-10-23-13/h11-13H,2-10H2,1H3/t13-/m0/s1. The van der Waals surface area contributed by atoms with Crippen molar-refractivity contribution in [3.8, 4) is 0 Å². The molecule has 2 aliphatic rings. The molecule has 1 atom stereocenters. The van der Waals surface area contributed by atoms with E-state index in [2.05, 4.69) is 4.98 Å². The van der Waals surface area contributed by atoms with Crippen molar-refractivity contribution in [1.29, 1.82) is 0 Å². The second-order valence-corrected chi connectivity index (χ2v) is 8.07. The number of hydrogen-bond acceptors (Lipinski definition) is 5. The highest BCUT2D eigenvalue weighted by Crippen LogP contribution is 2.19. The molecular weight excluding hydrogens is 332 g/mol. The summed E-state index contributed by atoms with van der Waals surface area (Å²) in [4.78, 5) is 18.1. The van der Waals surface area contributed by atoms with Gasteiger partial charge in [0.2, 0.25) is 0 Å². The molecule has 0 saturated carbocycles. The number of piperazine rings is 1. The molecule has 3 rings (SSSR count). The Bertz CT molecular complexity index is 673. The van der Waals surface area contributed by atoms with E-state index in [0.29, 0.717) is 32.8 Å². The summed E-state index contributed by atoms with van der Waals surface area (Å²) in [6, 6.07) is 0. The highest BCUT2D eigenvalue weighted by molar-refractivity contribution is 7.89. The van der Waals surface area contributed by atoms with Gasteiger partial charge < -0.3 is 14.2 Å². The Kier molecular flexibility index (Phi) is 5.21. The van der Waals surface area contributed by atoms with Crippen molar-refractivity contribution in [1.82, 2.24) is 18.8 Å². The van der Waals surface area contributed by atoms with E-state index in [1.165, 1.54) is 4.31 Å². The minimum absolute atomic E-state index is 0.0169. The Balaban J connectivity index is 1.61. The number of imidazole rings is 1. The Morgan fingerprint density at radius 2 is 2.08 bits per heavy atom. The zero-order valence-corrected chi connectivity index (χ0v) is 14.7. The lowest BCUT2D eigenvalue weighted by Crippen LogP contribution is -2.52. The molecule has 1 amide bonds. The van der Waals surface area contributed by atoms with E-state index in [0.717, 1.165) is 25.8 Å². The largest absolute Gasteiger partial charge is 0.368 e. The molecule has 0 N–H and O–H groups in total. The molecule has 2 saturated heterocycles. The fourth-order valence-corrected chi connectivity index (χ4v) is 4.47. The molecule has 24 heavy (non-hydrogen) atoms. The number of carbonyl (C=O) groups excluding carboxylic acids is 1. The van der Waals surface area contributed by atoms with Crippen LogP contribution in [0.4, 0.5) is 0 Å². The van der Waals surface area contributed by atoms with Crippen molar-refractivity contribution in [2.24, 2.45) is 0 Å². The molecule has 134 valence electrons. The number of aromatic nitrogens is 2. The normalized spacial score (nSPS) is 22.9. The van der Waals surface area contributed by atoms with Crippen LogP contribution < -0.4 is 0 Å². The van der Waals surface area contributed by atoms with Gasteiger partial charge >= 0.3 is 0 Å². The molecule has 9 heteroatoms. The molecule has 0 aromatic carbocycles. The van der Waals surface area contributed by atoms with Gasteiger partial charge in [-0.2, -0.15) is 4.31 Å². The average molecular weight is 356 g/mol. The van der Waals surface area contributed by atoms with Gasteiger partial charge in [0.15, 0.2) is 5.03 Å². The van der Waals surface area contributed by atoms with Gasteiger partial charge in [0.05, 0.1) is 6.33 Å². The van der Waals surface area contributed by atoms with Gasteiger partial charge in [-0.05, 0) is 19.3 Å². The third kappa shape index (κ3) is 3.47. The molecule has 8 nitrogen and oxygen atoms in total. The third-order valence-electron chi connectivity index (χ3n) is 4.45. The zero-order chi connectivity index (χ0) is 17.2. The fraction of sp³-hybridized carbons (Fsp3) is 0.733. The number of rotatable bonds is 5. The summed E-state index contributed by atoms with van der Waals surface area (Å²) in [7, 11) is -3.60. The highest BCUT2D eigenvalue weighted by Gasteiger charge is 2.34. The van der Waals surface area contributed by atoms with Crippen molar-refractivity contribution >= 4 is 15.9 Å². The zero-order valence-electron chi connectivity index (χ0n) is 13.9. The van der Waals surface area contributed by atoms with Crippen LogP contribution in [0, 0.1) is 0 Å². The van der Waals surface area contributed by atoms with E-state index < -0.39 is 10.0 Å². The lowest BCUT2D eigenvalue weighted by Gasteiger charge is -2.34. The van der Waals surface area contributed by atoms with Crippen LogP contribution in [-0.4, -0.2) is 72.0 Å². The lowest BCUT2D eigenvalue weighted by atomic mass is 10.2. The second kappa shape index (κ2) is 7.20. The first kappa shape index (κ1) is 17.4. The predicted molar refractivity (Wildman–Crippen MR) is 86.8 cm³/mol. The van der Waals surface area contributed by atoms with Crippen molar-refractivity contribution < 1.29 is 17.9 Å². The summed E-state index contributed by atoms with van der Waals surface area (Å²) in [5.74, 6) is -0.0169. The van der Waals surface area contributed by atoms with Crippen LogP contribution in [0.3, 0.4) is 0 Å². The summed E-state index contributed by atoms with van der Waals surface area (Å²) < 4.78 is 33.9. The van der Waals surface area contributed by atoms with Crippen LogP contribution in [0.25, 0.3) is 0 Å². The van der Waals surface area contributed by atoms with Crippen LogP contribution >= 0.6 is 0 Å². The molecule has 0 bridgehead atoms. The van der Waals surface area contributed by atoms with E-state index in [1.54, 1.807) is 22.0 Å². The average Bonchev–Trinajstić information content (AvgIpc) is 3.26. The summed E-state index contributed by atoms with van der Waals surface area (Å²) in [5.41, 5.74) is 0. The Morgan fingerprint density at radius 3 is 2.71 bits per heavy atom. The van der Waals surface area contributed by atoms with Gasteiger partial charge in [-0.25, -0.2) is 13.4 Å². The first-order valence-corrected chi connectivity index (χ1v) is 9.88. The Hall–Kier alpha value is -1.45. The molecule has 0 aliphatic carbocycles. The molecule has 0 radical (unpaired) electrons. The van der Waals surface area contributed by atoms with Gasteiger partial charge in [-0.1, -0.05) is 6.92 Å². The second-order valence-electron chi connectivity index (χ2n) is 6.18. The molecule has 0 spiro atoms. The maximum absolute atomic E-state index is 12.7. The summed E-state index contributed by atoms with van der Waals surface area (Å²) in [6.07, 6.45) is 5.35. The number of aryl methyl sites for hydroxylation is 1. The van der Waals surface area contributed by atoms with Crippen LogP contribution in [0.5, 0.6) is 0 Å². The maximum atomic E-state index is 12.7. The lowest BCUT2D eigenvalue weighted by molar-refractivity contribution is -0.142. The van der Waals surface area contributed by atoms with Crippen LogP contribution in [0.1, 0.15) is 26.2 Å². The predicted octanol–water partition coefficient (Wildman–Crippen LogP) is 0.305. The summed E-state index contributed by atoms with van der Waals surface area (Å²) >= 11 is 0. The number of sulfonamides is 1. The van der Waals surface area contributed by atoms with Gasteiger partial charge in [-0.3, -0.25) is 4.79 Å². The topological polar surface area (TPSA) is 84.7 Å². The monoisotopic (exact) mass is 356 g/mol. The molecule has 3 heterocycles. The maximum Gasteiger partial charge on any atom is 0.262 e. The Morgan fingerprint density at radius 1 is 1.33 bits per heavy atom. The minimum atomic E-state index is -3.60. The molecule has 1 aromatic rings. The summed E-state index contributed by atoms with van der Waals surface area (Å²) in [6.45, 7) is 4.78. The van der Waals surface area contributed by atoms with Gasteiger partial charge in [0, 0.05) is 45.5 Å². The number of ether oxygens (including phenoxy) is 1. The Labute approximate surface area is 142 Å². The van der Waals surface area contributed by atoms with E-state index in [-0.39, 0.29) is 17.0 Å². The highest BCUT2D eigenvalue weighted by atomic mass is 32.2. The van der Waals surface area contributed by atoms with Crippen molar-refractivity contribution in [2.45, 2.75) is 43.9 Å². The van der Waals surface area contributed by atoms with E-state index in [4.69, 9.17) is 4.74 Å². The van der Waals surface area contributed by atoms with Crippen LogP contribution in [0.15, 0.2) is 17.6 Å². The third-order valence-corrected chi connectivity index (χ3v) is 6.24. The molecule has 2 fully saturated rings. The number of hydrogen-bond donors (Lipinski definition) is 0. The van der Waals surface area contributed by atoms with E-state index in [9.17, 15) is 13.2 Å². The van der Waals surface area contributed by atoms with Gasteiger partial charge in [0.1, 0.15) is 6.10 Å². The first-order chi connectivity index (χ1) is 11.5. The number of carbonyl (C=O) groups is 1. The number of amides is 1. The van der Waals surface area contributed by atoms with Crippen LogP contribution in [-0.2, 0) is 26.1 Å². The number of nitrogens with zero attached hydrogens (tertiary/aromatic N) is 4.